The molecule has 0 spiro atoms. The monoisotopic (exact) mass is 298 g/mol. The Morgan fingerprint density at radius 1 is 1.37 bits per heavy atom. The van der Waals surface area contributed by atoms with Gasteiger partial charge in [-0.3, -0.25) is 10.1 Å². The number of nitrogens with two attached hydrogens (primary N) is 1. The van der Waals surface area contributed by atoms with Crippen LogP contribution in [-0.4, -0.2) is 21.7 Å². The molecule has 1 heterocycles. The molecule has 0 fully saturated rings. The highest BCUT2D eigenvalue weighted by molar-refractivity contribution is 7.14. The molecule has 100 valence electrons. The van der Waals surface area contributed by atoms with E-state index in [9.17, 15) is 10.1 Å². The molecule has 0 aliphatic heterocycles. The van der Waals surface area contributed by atoms with Crippen LogP contribution in [0.3, 0.4) is 0 Å². The number of hydrogen-bond acceptors (Lipinski definition) is 6. The molecule has 0 radical (unpaired) electrons. The number of nitrogens with zero attached hydrogens (tertiary/aromatic N) is 3. The largest absolute Gasteiger partial charge is 0.330 e. The molecule has 0 unspecified atom stereocenters. The van der Waals surface area contributed by atoms with Gasteiger partial charge in [-0.2, -0.15) is 0 Å². The van der Waals surface area contributed by atoms with Crippen molar-refractivity contribution >= 4 is 28.6 Å². The van der Waals surface area contributed by atoms with E-state index in [0.717, 1.165) is 17.8 Å². The van der Waals surface area contributed by atoms with Crippen molar-refractivity contribution in [2.75, 3.05) is 6.54 Å². The van der Waals surface area contributed by atoms with Crippen LogP contribution in [0.2, 0.25) is 5.02 Å². The van der Waals surface area contributed by atoms with E-state index < -0.39 is 4.92 Å². The van der Waals surface area contributed by atoms with Gasteiger partial charge in [0.05, 0.1) is 4.92 Å². The van der Waals surface area contributed by atoms with Crippen molar-refractivity contribution in [1.29, 1.82) is 0 Å². The molecule has 8 heteroatoms. The number of nitro benzene ring substituents is 1. The van der Waals surface area contributed by atoms with E-state index in [4.69, 9.17) is 17.3 Å². The Labute approximate surface area is 118 Å². The third-order valence-corrected chi connectivity index (χ3v) is 3.65. The highest BCUT2D eigenvalue weighted by Crippen LogP contribution is 2.30. The topological polar surface area (TPSA) is 94.9 Å². The van der Waals surface area contributed by atoms with Crippen LogP contribution in [0.5, 0.6) is 0 Å². The number of hydrogen-bond donors (Lipinski definition) is 1. The second kappa shape index (κ2) is 6.05. The molecule has 1 aromatic carbocycles. The van der Waals surface area contributed by atoms with Gasteiger partial charge < -0.3 is 5.73 Å². The summed E-state index contributed by atoms with van der Waals surface area (Å²) in [5.74, 6) is 0. The number of halogens is 1. The van der Waals surface area contributed by atoms with Gasteiger partial charge in [0.2, 0.25) is 0 Å². The number of non-ortho nitro benzene ring substituents is 1. The summed E-state index contributed by atoms with van der Waals surface area (Å²) >= 11 is 7.27. The van der Waals surface area contributed by atoms with Gasteiger partial charge in [-0.15, -0.1) is 10.2 Å². The Morgan fingerprint density at radius 3 is 2.84 bits per heavy atom. The van der Waals surface area contributed by atoms with Crippen molar-refractivity contribution in [3.05, 3.63) is 38.3 Å². The molecule has 0 bridgehead atoms. The van der Waals surface area contributed by atoms with Crippen LogP contribution in [0.25, 0.3) is 10.6 Å². The van der Waals surface area contributed by atoms with Gasteiger partial charge in [0.25, 0.3) is 5.69 Å². The molecule has 0 saturated heterocycles. The first kappa shape index (κ1) is 13.9. The lowest BCUT2D eigenvalue weighted by Gasteiger charge is -1.97. The maximum Gasteiger partial charge on any atom is 0.271 e. The summed E-state index contributed by atoms with van der Waals surface area (Å²) in [6.45, 7) is 0.595. The minimum absolute atomic E-state index is 0.0544. The third-order valence-electron chi connectivity index (χ3n) is 2.40. The molecule has 1 aromatic heterocycles. The summed E-state index contributed by atoms with van der Waals surface area (Å²) in [5, 5.41) is 20.6. The fourth-order valence-corrected chi connectivity index (χ4v) is 2.63. The Hall–Kier alpha value is -1.57. The average molecular weight is 299 g/mol. The van der Waals surface area contributed by atoms with Gasteiger partial charge in [0.15, 0.2) is 0 Å². The lowest BCUT2D eigenvalue weighted by atomic mass is 10.2. The zero-order valence-corrected chi connectivity index (χ0v) is 11.4. The van der Waals surface area contributed by atoms with E-state index in [-0.39, 0.29) is 5.69 Å². The highest BCUT2D eigenvalue weighted by Gasteiger charge is 2.13. The molecule has 0 aliphatic rings. The second-order valence-corrected chi connectivity index (χ2v) is 5.35. The molecule has 0 saturated carbocycles. The van der Waals surface area contributed by atoms with Gasteiger partial charge in [-0.25, -0.2) is 0 Å². The van der Waals surface area contributed by atoms with Crippen LogP contribution < -0.4 is 5.73 Å². The first-order valence-electron chi connectivity index (χ1n) is 5.58. The zero-order chi connectivity index (χ0) is 13.8. The first-order chi connectivity index (χ1) is 9.10. The molecular weight excluding hydrogens is 288 g/mol. The summed E-state index contributed by atoms with van der Waals surface area (Å²) < 4.78 is 0. The normalized spacial score (nSPS) is 10.6. The summed E-state index contributed by atoms with van der Waals surface area (Å²) in [4.78, 5) is 10.3. The SMILES string of the molecule is NCCCc1nnc(-c2cc(Cl)cc([N+](=O)[O-])c2)s1. The van der Waals surface area contributed by atoms with E-state index in [2.05, 4.69) is 10.2 Å². The minimum Gasteiger partial charge on any atom is -0.330 e. The highest BCUT2D eigenvalue weighted by atomic mass is 35.5. The van der Waals surface area contributed by atoms with E-state index in [1.807, 2.05) is 0 Å². The van der Waals surface area contributed by atoms with Crippen LogP contribution in [0.1, 0.15) is 11.4 Å². The lowest BCUT2D eigenvalue weighted by Crippen LogP contribution is -1.99. The fraction of sp³-hybridized carbons (Fsp3) is 0.273. The maximum absolute atomic E-state index is 10.8. The van der Waals surface area contributed by atoms with Crippen molar-refractivity contribution in [2.45, 2.75) is 12.8 Å². The van der Waals surface area contributed by atoms with Crippen molar-refractivity contribution in [2.24, 2.45) is 5.73 Å². The maximum atomic E-state index is 10.8. The van der Waals surface area contributed by atoms with Crippen LogP contribution in [0.15, 0.2) is 18.2 Å². The third kappa shape index (κ3) is 3.46. The van der Waals surface area contributed by atoms with Gasteiger partial charge in [0.1, 0.15) is 10.0 Å². The number of aryl methyl sites for hydroxylation is 1. The van der Waals surface area contributed by atoms with Crippen molar-refractivity contribution in [3.8, 4) is 10.6 Å². The van der Waals surface area contributed by atoms with Crippen LogP contribution in [0, 0.1) is 10.1 Å². The molecule has 2 aromatic rings. The van der Waals surface area contributed by atoms with Crippen LogP contribution in [0.4, 0.5) is 5.69 Å². The minimum atomic E-state index is -0.480. The summed E-state index contributed by atoms with van der Waals surface area (Å²) in [7, 11) is 0. The Bertz CT molecular complexity index is 602. The summed E-state index contributed by atoms with van der Waals surface area (Å²) in [6.07, 6.45) is 1.60. The number of benzene rings is 1. The number of nitro groups is 1. The van der Waals surface area contributed by atoms with Gasteiger partial charge in [0, 0.05) is 29.1 Å². The fourth-order valence-electron chi connectivity index (χ4n) is 1.53. The van der Waals surface area contributed by atoms with Crippen molar-refractivity contribution in [3.63, 3.8) is 0 Å². The average Bonchev–Trinajstić information content (AvgIpc) is 2.84. The van der Waals surface area contributed by atoms with Crippen molar-refractivity contribution < 1.29 is 4.92 Å². The van der Waals surface area contributed by atoms with E-state index >= 15 is 0 Å². The van der Waals surface area contributed by atoms with Crippen molar-refractivity contribution in [1.82, 2.24) is 10.2 Å². The van der Waals surface area contributed by atoms with Gasteiger partial charge in [-0.05, 0) is 19.0 Å². The predicted molar refractivity (Wildman–Crippen MR) is 74.4 cm³/mol. The molecule has 0 amide bonds. The van der Waals surface area contributed by atoms with E-state index in [1.54, 1.807) is 6.07 Å². The molecule has 19 heavy (non-hydrogen) atoms. The van der Waals surface area contributed by atoms with E-state index in [0.29, 0.717) is 22.1 Å². The Balaban J connectivity index is 2.30. The molecule has 2 rings (SSSR count). The molecule has 0 atom stereocenters. The Kier molecular flexibility index (Phi) is 4.41. The standard InChI is InChI=1S/C11H11ClN4O2S/c12-8-4-7(5-9(6-8)16(17)18)11-15-14-10(19-11)2-1-3-13/h4-6H,1-3,13H2. The Morgan fingerprint density at radius 2 is 2.16 bits per heavy atom. The van der Waals surface area contributed by atoms with Gasteiger partial charge in [-0.1, -0.05) is 22.9 Å². The summed E-state index contributed by atoms with van der Waals surface area (Å²) in [6, 6.07) is 4.39. The molecule has 6 nitrogen and oxygen atoms in total. The van der Waals surface area contributed by atoms with Gasteiger partial charge >= 0.3 is 0 Å². The summed E-state index contributed by atoms with van der Waals surface area (Å²) in [5.41, 5.74) is 5.98. The number of rotatable bonds is 5. The molecule has 0 aliphatic carbocycles. The zero-order valence-electron chi connectivity index (χ0n) is 9.88. The van der Waals surface area contributed by atoms with E-state index in [1.165, 1.54) is 23.5 Å². The molecule has 2 N–H and O–H groups in total. The first-order valence-corrected chi connectivity index (χ1v) is 6.77. The second-order valence-electron chi connectivity index (χ2n) is 3.85. The van der Waals surface area contributed by atoms with Crippen LogP contribution >= 0.6 is 22.9 Å². The predicted octanol–water partition coefficient (Wildman–Crippen LogP) is 2.66. The quantitative estimate of drug-likeness (QED) is 0.676. The molecular formula is C11H11ClN4O2S. The number of aromatic nitrogens is 2. The van der Waals surface area contributed by atoms with Crippen LogP contribution in [-0.2, 0) is 6.42 Å². The lowest BCUT2D eigenvalue weighted by molar-refractivity contribution is -0.384. The smallest absolute Gasteiger partial charge is 0.271 e.